The molecule has 0 aliphatic carbocycles. The second kappa shape index (κ2) is 5.51. The quantitative estimate of drug-likeness (QED) is 0.866. The lowest BCUT2D eigenvalue weighted by molar-refractivity contribution is -0.138. The van der Waals surface area contributed by atoms with Crippen LogP contribution in [-0.2, 0) is 4.79 Å². The summed E-state index contributed by atoms with van der Waals surface area (Å²) < 4.78 is 1.64. The molecule has 1 unspecified atom stereocenters. The van der Waals surface area contributed by atoms with E-state index in [2.05, 4.69) is 15.5 Å². The Morgan fingerprint density at radius 2 is 2.14 bits per heavy atom. The molecule has 0 spiro atoms. The predicted molar refractivity (Wildman–Crippen MR) is 75.9 cm³/mol. The van der Waals surface area contributed by atoms with Crippen molar-refractivity contribution in [2.45, 2.75) is 32.7 Å². The fourth-order valence-corrected chi connectivity index (χ4v) is 2.00. The summed E-state index contributed by atoms with van der Waals surface area (Å²) in [4.78, 5) is 23.4. The zero-order chi connectivity index (χ0) is 15.6. The number of rotatable bonds is 5. The van der Waals surface area contributed by atoms with Crippen LogP contribution in [0.5, 0.6) is 0 Å². The summed E-state index contributed by atoms with van der Waals surface area (Å²) in [7, 11) is 0. The third-order valence-corrected chi connectivity index (χ3v) is 3.74. The van der Waals surface area contributed by atoms with Gasteiger partial charge in [0.1, 0.15) is 6.33 Å². The number of carboxylic acids is 1. The normalized spacial score (nSPS) is 14.1. The first kappa shape index (κ1) is 15.0. The lowest BCUT2D eigenvalue weighted by atomic mass is 9.85. The van der Waals surface area contributed by atoms with Crippen molar-refractivity contribution in [2.24, 2.45) is 5.92 Å². The van der Waals surface area contributed by atoms with E-state index in [-0.39, 0.29) is 18.2 Å². The van der Waals surface area contributed by atoms with Crippen LogP contribution in [0, 0.1) is 5.92 Å². The minimum atomic E-state index is -0.944. The number of hydrogen-bond donors (Lipinski definition) is 2. The summed E-state index contributed by atoms with van der Waals surface area (Å²) in [6.07, 6.45) is 2.99. The molecular formula is C14H18N4O3. The van der Waals surface area contributed by atoms with Crippen LogP contribution < -0.4 is 5.32 Å². The van der Waals surface area contributed by atoms with Gasteiger partial charge in [0.05, 0.1) is 17.5 Å². The number of aliphatic carboxylic acids is 1. The van der Waals surface area contributed by atoms with Gasteiger partial charge in [0.25, 0.3) is 5.91 Å². The second-order valence-electron chi connectivity index (χ2n) is 5.61. The molecule has 0 aliphatic rings. The lowest BCUT2D eigenvalue weighted by Gasteiger charge is -2.33. The van der Waals surface area contributed by atoms with Crippen LogP contribution in [0.2, 0.25) is 0 Å². The number of carboxylic acid groups (broad SMARTS) is 1. The van der Waals surface area contributed by atoms with Crippen LogP contribution in [-0.4, -0.2) is 37.1 Å². The summed E-state index contributed by atoms with van der Waals surface area (Å²) >= 11 is 0. The van der Waals surface area contributed by atoms with Gasteiger partial charge < -0.3 is 10.4 Å². The molecule has 7 nitrogen and oxygen atoms in total. The zero-order valence-electron chi connectivity index (χ0n) is 12.2. The molecule has 0 bridgehead atoms. The van der Waals surface area contributed by atoms with Crippen molar-refractivity contribution < 1.29 is 14.7 Å². The second-order valence-corrected chi connectivity index (χ2v) is 5.61. The Bertz CT molecular complexity index is 680. The van der Waals surface area contributed by atoms with Gasteiger partial charge in [-0.2, -0.15) is 0 Å². The summed E-state index contributed by atoms with van der Waals surface area (Å²) in [6.45, 7) is 5.50. The highest BCUT2D eigenvalue weighted by Crippen LogP contribution is 2.21. The molecule has 0 aromatic carbocycles. The van der Waals surface area contributed by atoms with Crippen molar-refractivity contribution >= 4 is 17.5 Å². The molecular weight excluding hydrogens is 272 g/mol. The molecule has 1 amide bonds. The molecule has 2 aromatic heterocycles. The molecule has 21 heavy (non-hydrogen) atoms. The maximum atomic E-state index is 12.4. The Balaban J connectivity index is 2.23. The molecule has 2 rings (SSSR count). The largest absolute Gasteiger partial charge is 0.481 e. The van der Waals surface area contributed by atoms with Crippen molar-refractivity contribution in [1.82, 2.24) is 19.9 Å². The highest BCUT2D eigenvalue weighted by Gasteiger charge is 2.33. The molecule has 2 aromatic rings. The van der Waals surface area contributed by atoms with E-state index in [0.29, 0.717) is 11.2 Å². The molecule has 2 N–H and O–H groups in total. The number of fused-ring (bicyclic) bond motifs is 1. The Hall–Kier alpha value is -2.44. The Kier molecular flexibility index (Phi) is 3.93. The number of hydrogen-bond acceptors (Lipinski definition) is 4. The number of nitrogens with zero attached hydrogens (tertiary/aromatic N) is 3. The predicted octanol–water partition coefficient (Wildman–Crippen LogP) is 1.35. The Morgan fingerprint density at radius 3 is 2.76 bits per heavy atom. The van der Waals surface area contributed by atoms with Crippen molar-refractivity contribution in [3.05, 3.63) is 30.2 Å². The number of pyridine rings is 1. The Morgan fingerprint density at radius 1 is 1.43 bits per heavy atom. The standard InChI is InChI=1S/C14H18N4O3/c1-9(2)14(3,6-12(19)20)16-13(21)10-4-5-11-17-15-8-18(11)7-10/h4-5,7-9H,6H2,1-3H3,(H,16,21)(H,19,20). The van der Waals surface area contributed by atoms with Gasteiger partial charge in [0, 0.05) is 6.20 Å². The number of carbonyl (C=O) groups is 2. The van der Waals surface area contributed by atoms with Crippen molar-refractivity contribution in [2.75, 3.05) is 0 Å². The zero-order valence-corrected chi connectivity index (χ0v) is 12.2. The van der Waals surface area contributed by atoms with Crippen LogP contribution in [0.25, 0.3) is 5.65 Å². The van der Waals surface area contributed by atoms with Crippen LogP contribution >= 0.6 is 0 Å². The summed E-state index contributed by atoms with van der Waals surface area (Å²) in [6, 6.07) is 3.33. The van der Waals surface area contributed by atoms with E-state index < -0.39 is 11.5 Å². The van der Waals surface area contributed by atoms with E-state index in [1.54, 1.807) is 29.7 Å². The summed E-state index contributed by atoms with van der Waals surface area (Å²) in [5.41, 5.74) is 0.258. The molecule has 0 fully saturated rings. The first-order valence-electron chi connectivity index (χ1n) is 6.65. The van der Waals surface area contributed by atoms with Crippen molar-refractivity contribution in [3.63, 3.8) is 0 Å². The fourth-order valence-electron chi connectivity index (χ4n) is 2.00. The van der Waals surface area contributed by atoms with Crippen molar-refractivity contribution in [3.8, 4) is 0 Å². The molecule has 2 heterocycles. The van der Waals surface area contributed by atoms with E-state index in [9.17, 15) is 9.59 Å². The first-order chi connectivity index (χ1) is 9.82. The van der Waals surface area contributed by atoms with Crippen LogP contribution in [0.1, 0.15) is 37.6 Å². The maximum absolute atomic E-state index is 12.4. The molecule has 0 saturated heterocycles. The number of nitrogens with one attached hydrogen (secondary N) is 1. The molecule has 112 valence electrons. The van der Waals surface area contributed by atoms with Gasteiger partial charge >= 0.3 is 5.97 Å². The number of aromatic nitrogens is 3. The van der Waals surface area contributed by atoms with Gasteiger partial charge in [0.15, 0.2) is 5.65 Å². The maximum Gasteiger partial charge on any atom is 0.305 e. The third-order valence-electron chi connectivity index (χ3n) is 3.74. The van der Waals surface area contributed by atoms with Gasteiger partial charge in [-0.3, -0.25) is 14.0 Å². The SMILES string of the molecule is CC(C)C(C)(CC(=O)O)NC(=O)c1ccc2nncn2c1. The highest BCUT2D eigenvalue weighted by atomic mass is 16.4. The summed E-state index contributed by atoms with van der Waals surface area (Å²) in [5.74, 6) is -1.28. The van der Waals surface area contributed by atoms with Crippen molar-refractivity contribution in [1.29, 1.82) is 0 Å². The molecule has 7 heteroatoms. The highest BCUT2D eigenvalue weighted by molar-refractivity contribution is 5.95. The average molecular weight is 290 g/mol. The third kappa shape index (κ3) is 3.18. The van der Waals surface area contributed by atoms with Gasteiger partial charge in [-0.15, -0.1) is 10.2 Å². The van der Waals surface area contributed by atoms with Crippen LogP contribution in [0.3, 0.4) is 0 Å². The number of carbonyl (C=O) groups excluding carboxylic acids is 1. The molecule has 0 saturated carbocycles. The van der Waals surface area contributed by atoms with E-state index in [1.807, 2.05) is 13.8 Å². The smallest absolute Gasteiger partial charge is 0.305 e. The van der Waals surface area contributed by atoms with E-state index >= 15 is 0 Å². The van der Waals surface area contributed by atoms with Gasteiger partial charge in [-0.25, -0.2) is 0 Å². The van der Waals surface area contributed by atoms with Crippen LogP contribution in [0.4, 0.5) is 0 Å². The Labute approximate surface area is 122 Å². The van der Waals surface area contributed by atoms with Gasteiger partial charge in [-0.05, 0) is 25.0 Å². The average Bonchev–Trinajstić information content (AvgIpc) is 2.84. The van der Waals surface area contributed by atoms with Crippen LogP contribution in [0.15, 0.2) is 24.7 Å². The molecule has 0 radical (unpaired) electrons. The van der Waals surface area contributed by atoms with Gasteiger partial charge in [-0.1, -0.05) is 13.8 Å². The first-order valence-corrected chi connectivity index (χ1v) is 6.65. The number of amides is 1. The minimum absolute atomic E-state index is 0.0174. The molecule has 0 aliphatic heterocycles. The lowest BCUT2D eigenvalue weighted by Crippen LogP contribution is -2.51. The van der Waals surface area contributed by atoms with E-state index in [0.717, 1.165) is 0 Å². The van der Waals surface area contributed by atoms with E-state index in [1.165, 1.54) is 6.33 Å². The fraction of sp³-hybridized carbons (Fsp3) is 0.429. The molecule has 1 atom stereocenters. The minimum Gasteiger partial charge on any atom is -0.481 e. The van der Waals surface area contributed by atoms with Gasteiger partial charge in [0.2, 0.25) is 0 Å². The van der Waals surface area contributed by atoms with E-state index in [4.69, 9.17) is 5.11 Å². The summed E-state index contributed by atoms with van der Waals surface area (Å²) in [5, 5.41) is 19.5. The topological polar surface area (TPSA) is 96.6 Å². The monoisotopic (exact) mass is 290 g/mol.